The SMILES string of the molecule is CCc1cccc(C)c1NC(=O)c1ccc(C)cc1N. The van der Waals surface area contributed by atoms with Crippen molar-refractivity contribution in [3.8, 4) is 0 Å². The number of carbonyl (C=O) groups is 1. The molecule has 0 aliphatic rings. The van der Waals surface area contributed by atoms with E-state index in [0.29, 0.717) is 11.3 Å². The number of benzene rings is 2. The van der Waals surface area contributed by atoms with Crippen LogP contribution in [0.4, 0.5) is 11.4 Å². The zero-order valence-electron chi connectivity index (χ0n) is 12.2. The lowest BCUT2D eigenvalue weighted by Crippen LogP contribution is -2.16. The van der Waals surface area contributed by atoms with Crippen LogP contribution in [0.2, 0.25) is 0 Å². The van der Waals surface area contributed by atoms with E-state index in [2.05, 4.69) is 12.2 Å². The molecule has 3 N–H and O–H groups in total. The van der Waals surface area contributed by atoms with Gasteiger partial charge in [0.2, 0.25) is 0 Å². The van der Waals surface area contributed by atoms with E-state index >= 15 is 0 Å². The number of anilines is 2. The third kappa shape index (κ3) is 2.82. The predicted octanol–water partition coefficient (Wildman–Crippen LogP) is 3.70. The molecule has 0 aromatic heterocycles. The molecule has 1 amide bonds. The smallest absolute Gasteiger partial charge is 0.257 e. The Kier molecular flexibility index (Phi) is 4.08. The molecule has 3 heteroatoms. The molecule has 0 atom stereocenters. The maximum atomic E-state index is 12.4. The Balaban J connectivity index is 2.33. The van der Waals surface area contributed by atoms with Crippen molar-refractivity contribution in [2.24, 2.45) is 0 Å². The van der Waals surface area contributed by atoms with Crippen molar-refractivity contribution in [2.75, 3.05) is 11.1 Å². The molecule has 2 aromatic rings. The second kappa shape index (κ2) is 5.78. The molecule has 2 rings (SSSR count). The van der Waals surface area contributed by atoms with Crippen molar-refractivity contribution in [2.45, 2.75) is 27.2 Å². The summed E-state index contributed by atoms with van der Waals surface area (Å²) in [5.74, 6) is -0.161. The van der Waals surface area contributed by atoms with Crippen LogP contribution in [0.3, 0.4) is 0 Å². The lowest BCUT2D eigenvalue weighted by atomic mass is 10.0. The Bertz CT molecular complexity index is 647. The number of amides is 1. The van der Waals surface area contributed by atoms with Crippen LogP contribution >= 0.6 is 0 Å². The fourth-order valence-corrected chi connectivity index (χ4v) is 2.27. The summed E-state index contributed by atoms with van der Waals surface area (Å²) < 4.78 is 0. The summed E-state index contributed by atoms with van der Waals surface area (Å²) in [5, 5.41) is 2.99. The molecule has 0 radical (unpaired) electrons. The highest BCUT2D eigenvalue weighted by Gasteiger charge is 2.13. The molecule has 0 spiro atoms. The van der Waals surface area contributed by atoms with E-state index in [9.17, 15) is 4.79 Å². The van der Waals surface area contributed by atoms with Crippen molar-refractivity contribution >= 4 is 17.3 Å². The minimum Gasteiger partial charge on any atom is -0.398 e. The third-order valence-corrected chi connectivity index (χ3v) is 3.43. The van der Waals surface area contributed by atoms with E-state index in [1.165, 1.54) is 0 Å². The summed E-state index contributed by atoms with van der Waals surface area (Å²) in [6.07, 6.45) is 0.876. The molecular formula is C17H20N2O. The van der Waals surface area contributed by atoms with Crippen molar-refractivity contribution < 1.29 is 4.79 Å². The van der Waals surface area contributed by atoms with E-state index in [4.69, 9.17) is 5.73 Å². The Labute approximate surface area is 119 Å². The first kappa shape index (κ1) is 14.1. The highest BCUT2D eigenvalue weighted by molar-refractivity contribution is 6.08. The predicted molar refractivity (Wildman–Crippen MR) is 84.1 cm³/mol. The summed E-state index contributed by atoms with van der Waals surface area (Å²) in [7, 11) is 0. The molecule has 20 heavy (non-hydrogen) atoms. The largest absolute Gasteiger partial charge is 0.398 e. The number of nitrogens with one attached hydrogen (secondary N) is 1. The van der Waals surface area contributed by atoms with Gasteiger partial charge in [-0.2, -0.15) is 0 Å². The van der Waals surface area contributed by atoms with E-state index in [0.717, 1.165) is 28.8 Å². The zero-order chi connectivity index (χ0) is 14.7. The maximum Gasteiger partial charge on any atom is 0.257 e. The van der Waals surface area contributed by atoms with Gasteiger partial charge < -0.3 is 11.1 Å². The highest BCUT2D eigenvalue weighted by Crippen LogP contribution is 2.23. The highest BCUT2D eigenvalue weighted by atomic mass is 16.1. The van der Waals surface area contributed by atoms with Gasteiger partial charge in [-0.1, -0.05) is 31.2 Å². The standard InChI is InChI=1S/C17H20N2O/c1-4-13-7-5-6-12(3)16(13)19-17(20)14-9-8-11(2)10-15(14)18/h5-10H,4,18H2,1-3H3,(H,19,20). The number of para-hydroxylation sites is 1. The molecule has 0 fully saturated rings. The number of hydrogen-bond donors (Lipinski definition) is 2. The van der Waals surface area contributed by atoms with Gasteiger partial charge in [0.1, 0.15) is 0 Å². The minimum atomic E-state index is -0.161. The molecule has 0 aliphatic carbocycles. The van der Waals surface area contributed by atoms with Gasteiger partial charge in [-0.3, -0.25) is 4.79 Å². The lowest BCUT2D eigenvalue weighted by molar-refractivity contribution is 0.102. The van der Waals surface area contributed by atoms with E-state index in [1.807, 2.05) is 44.2 Å². The van der Waals surface area contributed by atoms with Crippen LogP contribution in [0.15, 0.2) is 36.4 Å². The molecule has 0 saturated heterocycles. The monoisotopic (exact) mass is 268 g/mol. The average molecular weight is 268 g/mol. The summed E-state index contributed by atoms with van der Waals surface area (Å²) >= 11 is 0. The number of carbonyl (C=O) groups excluding carboxylic acids is 1. The van der Waals surface area contributed by atoms with Gasteiger partial charge in [-0.25, -0.2) is 0 Å². The summed E-state index contributed by atoms with van der Waals surface area (Å²) in [5.41, 5.74) is 11.1. The first-order valence-electron chi connectivity index (χ1n) is 6.79. The van der Waals surface area contributed by atoms with Crippen molar-refractivity contribution in [3.63, 3.8) is 0 Å². The molecule has 0 saturated carbocycles. The Morgan fingerprint density at radius 3 is 2.60 bits per heavy atom. The van der Waals surface area contributed by atoms with Gasteiger partial charge >= 0.3 is 0 Å². The van der Waals surface area contributed by atoms with E-state index < -0.39 is 0 Å². The average Bonchev–Trinajstić information content (AvgIpc) is 2.40. The van der Waals surface area contributed by atoms with Crippen molar-refractivity contribution in [1.29, 1.82) is 0 Å². The summed E-state index contributed by atoms with van der Waals surface area (Å²) in [4.78, 5) is 12.4. The van der Waals surface area contributed by atoms with Gasteiger partial charge in [0.15, 0.2) is 0 Å². The number of hydrogen-bond acceptors (Lipinski definition) is 2. The molecule has 0 heterocycles. The topological polar surface area (TPSA) is 55.1 Å². The quantitative estimate of drug-likeness (QED) is 0.834. The van der Waals surface area contributed by atoms with Crippen LogP contribution < -0.4 is 11.1 Å². The van der Waals surface area contributed by atoms with Gasteiger partial charge in [-0.05, 0) is 49.1 Å². The van der Waals surface area contributed by atoms with Crippen LogP contribution in [-0.2, 0) is 6.42 Å². The third-order valence-electron chi connectivity index (χ3n) is 3.43. The summed E-state index contributed by atoms with van der Waals surface area (Å²) in [6.45, 7) is 6.02. The van der Waals surface area contributed by atoms with Crippen LogP contribution in [0, 0.1) is 13.8 Å². The molecule has 0 bridgehead atoms. The second-order valence-electron chi connectivity index (χ2n) is 5.01. The number of nitrogens with two attached hydrogens (primary N) is 1. The zero-order valence-corrected chi connectivity index (χ0v) is 12.2. The number of rotatable bonds is 3. The van der Waals surface area contributed by atoms with Crippen molar-refractivity contribution in [1.82, 2.24) is 0 Å². The lowest BCUT2D eigenvalue weighted by Gasteiger charge is -2.14. The van der Waals surface area contributed by atoms with Gasteiger partial charge in [0, 0.05) is 11.4 Å². The first-order chi connectivity index (χ1) is 9.52. The normalized spacial score (nSPS) is 10.3. The minimum absolute atomic E-state index is 0.161. The fourth-order valence-electron chi connectivity index (χ4n) is 2.27. The van der Waals surface area contributed by atoms with E-state index in [-0.39, 0.29) is 5.91 Å². The second-order valence-corrected chi connectivity index (χ2v) is 5.01. The van der Waals surface area contributed by atoms with Gasteiger partial charge in [-0.15, -0.1) is 0 Å². The molecule has 2 aromatic carbocycles. The molecule has 3 nitrogen and oxygen atoms in total. The maximum absolute atomic E-state index is 12.4. The number of nitrogen functional groups attached to an aromatic ring is 1. The molecule has 104 valence electrons. The Morgan fingerprint density at radius 2 is 1.95 bits per heavy atom. The molecular weight excluding hydrogens is 248 g/mol. The molecule has 0 aliphatic heterocycles. The first-order valence-corrected chi connectivity index (χ1v) is 6.79. The number of aryl methyl sites for hydroxylation is 3. The Hall–Kier alpha value is -2.29. The molecule has 0 unspecified atom stereocenters. The van der Waals surface area contributed by atoms with Crippen LogP contribution in [0.25, 0.3) is 0 Å². The van der Waals surface area contributed by atoms with Crippen LogP contribution in [-0.4, -0.2) is 5.91 Å². The summed E-state index contributed by atoms with van der Waals surface area (Å²) in [6, 6.07) is 11.5. The van der Waals surface area contributed by atoms with Crippen molar-refractivity contribution in [3.05, 3.63) is 58.7 Å². The van der Waals surface area contributed by atoms with E-state index in [1.54, 1.807) is 6.07 Å². The van der Waals surface area contributed by atoms with Gasteiger partial charge in [0.25, 0.3) is 5.91 Å². The van der Waals surface area contributed by atoms with Crippen LogP contribution in [0.1, 0.15) is 34.0 Å². The van der Waals surface area contributed by atoms with Crippen LogP contribution in [0.5, 0.6) is 0 Å². The van der Waals surface area contributed by atoms with Gasteiger partial charge in [0.05, 0.1) is 5.56 Å². The fraction of sp³-hybridized carbons (Fsp3) is 0.235. The Morgan fingerprint density at radius 1 is 1.20 bits per heavy atom.